The lowest BCUT2D eigenvalue weighted by atomic mass is 9.99. The lowest BCUT2D eigenvalue weighted by Crippen LogP contribution is -2.59. The molecule has 342 valence electrons. The summed E-state index contributed by atoms with van der Waals surface area (Å²) in [5, 5.41) is 40.1. The molecule has 10 heteroatoms. The predicted molar refractivity (Wildman–Crippen MR) is 238 cm³/mol. The van der Waals surface area contributed by atoms with Crippen molar-refractivity contribution in [3.8, 4) is 0 Å². The number of unbranched alkanes of at least 4 members (excludes halogenated alkanes) is 20. The Morgan fingerprint density at radius 3 is 1.41 bits per heavy atom. The topological polar surface area (TPSA) is 152 Å². The number of aliphatic hydroxyl groups is 4. The zero-order valence-corrected chi connectivity index (χ0v) is 37.2. The third-order valence-electron chi connectivity index (χ3n) is 10.7. The summed E-state index contributed by atoms with van der Waals surface area (Å²) in [5.41, 5.74) is 0. The maximum absolute atomic E-state index is 12.8. The van der Waals surface area contributed by atoms with Crippen LogP contribution in [0.3, 0.4) is 0 Å². The number of hydrogen-bond acceptors (Lipinski definition) is 10. The van der Waals surface area contributed by atoms with Crippen molar-refractivity contribution in [2.45, 2.75) is 230 Å². The van der Waals surface area contributed by atoms with E-state index in [0.29, 0.717) is 12.8 Å². The van der Waals surface area contributed by atoms with Crippen LogP contribution < -0.4 is 0 Å². The molecule has 4 N–H and O–H groups in total. The first-order chi connectivity index (χ1) is 28.8. The smallest absolute Gasteiger partial charge is 0.306 e. The van der Waals surface area contributed by atoms with Crippen LogP contribution in [-0.2, 0) is 28.5 Å². The second-order valence-electron chi connectivity index (χ2n) is 16.2. The van der Waals surface area contributed by atoms with Gasteiger partial charge in [-0.3, -0.25) is 9.59 Å². The summed E-state index contributed by atoms with van der Waals surface area (Å²) in [6.07, 6.45) is 39.6. The molecule has 1 heterocycles. The Kier molecular flexibility index (Phi) is 36.9. The van der Waals surface area contributed by atoms with E-state index >= 15 is 0 Å². The minimum Gasteiger partial charge on any atom is -0.462 e. The van der Waals surface area contributed by atoms with Crippen molar-refractivity contribution in [1.29, 1.82) is 0 Å². The first-order valence-corrected chi connectivity index (χ1v) is 23.7. The number of carbonyl (C=O) groups excluding carboxylic acids is 2. The third kappa shape index (κ3) is 31.2. The summed E-state index contributed by atoms with van der Waals surface area (Å²) < 4.78 is 22.2. The van der Waals surface area contributed by atoms with Crippen molar-refractivity contribution in [2.75, 3.05) is 19.8 Å². The molecule has 0 saturated carbocycles. The third-order valence-corrected chi connectivity index (χ3v) is 10.7. The molecule has 59 heavy (non-hydrogen) atoms. The normalized spacial score (nSPS) is 20.4. The summed E-state index contributed by atoms with van der Waals surface area (Å²) in [6.45, 7) is 3.36. The zero-order chi connectivity index (χ0) is 43.0. The molecule has 0 aromatic heterocycles. The van der Waals surface area contributed by atoms with E-state index in [4.69, 9.17) is 18.9 Å². The fraction of sp³-hybridized carbons (Fsp3) is 0.796. The molecule has 0 amide bonds. The fourth-order valence-electron chi connectivity index (χ4n) is 6.89. The van der Waals surface area contributed by atoms with Crippen molar-refractivity contribution in [1.82, 2.24) is 0 Å². The summed E-state index contributed by atoms with van der Waals surface area (Å²) in [6, 6.07) is 0. The van der Waals surface area contributed by atoms with Gasteiger partial charge in [0.25, 0.3) is 0 Å². The Balaban J connectivity index is 2.32. The van der Waals surface area contributed by atoms with Crippen LogP contribution in [0.2, 0.25) is 0 Å². The Bertz CT molecular complexity index is 1100. The van der Waals surface area contributed by atoms with Gasteiger partial charge < -0.3 is 39.4 Å². The monoisotopic (exact) mass is 835 g/mol. The predicted octanol–water partition coefficient (Wildman–Crippen LogP) is 10.4. The molecule has 0 aromatic carbocycles. The minimum atomic E-state index is -1.60. The molecule has 0 spiro atoms. The van der Waals surface area contributed by atoms with E-state index in [1.54, 1.807) is 0 Å². The molecule has 2 unspecified atom stereocenters. The number of hydrogen-bond donors (Lipinski definition) is 4. The van der Waals surface area contributed by atoms with Crippen LogP contribution in [-0.4, -0.2) is 89.0 Å². The first kappa shape index (κ1) is 54.7. The molecule has 0 aromatic rings. The van der Waals surface area contributed by atoms with Gasteiger partial charge in [0.05, 0.1) is 13.2 Å². The van der Waals surface area contributed by atoms with Gasteiger partial charge in [-0.05, 0) is 77.0 Å². The van der Waals surface area contributed by atoms with Crippen LogP contribution in [0, 0.1) is 0 Å². The molecule has 6 atom stereocenters. The quantitative estimate of drug-likeness (QED) is 0.0267. The molecular formula is C49H86O10. The summed E-state index contributed by atoms with van der Waals surface area (Å²) in [7, 11) is 0. The highest BCUT2D eigenvalue weighted by molar-refractivity contribution is 5.70. The Morgan fingerprint density at radius 1 is 0.525 bits per heavy atom. The lowest BCUT2D eigenvalue weighted by molar-refractivity contribution is -0.305. The lowest BCUT2D eigenvalue weighted by Gasteiger charge is -2.39. The standard InChI is InChI=1S/C49H86O10/c1-3-5-7-9-11-13-15-17-19-21-23-25-27-29-31-33-35-37-44(51)56-40-42(41-57-49-48(55)47(54)46(53)43(39-50)59-49)58-45(52)38-36-34-32-30-28-26-24-22-20-18-16-14-12-10-8-6-4-2/h11-14,17-20,42-43,46-50,53-55H,3-10,15-16,21-41H2,1-2H3/b13-11+,14-12+,19-17+,20-18+/t42-,43-,46+,47?,48?,49-/m0/s1. The van der Waals surface area contributed by atoms with Crippen molar-refractivity contribution in [3.63, 3.8) is 0 Å². The van der Waals surface area contributed by atoms with Crippen LogP contribution in [0.1, 0.15) is 194 Å². The van der Waals surface area contributed by atoms with Gasteiger partial charge in [-0.15, -0.1) is 0 Å². The summed E-state index contributed by atoms with van der Waals surface area (Å²) in [5.74, 6) is -0.824. The van der Waals surface area contributed by atoms with Crippen LogP contribution in [0.5, 0.6) is 0 Å². The van der Waals surface area contributed by atoms with Crippen molar-refractivity contribution >= 4 is 11.9 Å². The van der Waals surface area contributed by atoms with Crippen LogP contribution >= 0.6 is 0 Å². The molecule has 1 aliphatic heterocycles. The maximum Gasteiger partial charge on any atom is 0.306 e. The average Bonchev–Trinajstić information content (AvgIpc) is 3.23. The average molecular weight is 835 g/mol. The Morgan fingerprint density at radius 2 is 0.949 bits per heavy atom. The molecule has 1 fully saturated rings. The Hall–Kier alpha value is -2.34. The van der Waals surface area contributed by atoms with E-state index in [2.05, 4.69) is 62.5 Å². The number of aliphatic hydroxyl groups excluding tert-OH is 4. The van der Waals surface area contributed by atoms with E-state index < -0.39 is 49.4 Å². The van der Waals surface area contributed by atoms with Gasteiger partial charge in [0.15, 0.2) is 12.4 Å². The van der Waals surface area contributed by atoms with Gasteiger partial charge in [-0.2, -0.15) is 0 Å². The largest absolute Gasteiger partial charge is 0.462 e. The molecule has 0 aliphatic carbocycles. The van der Waals surface area contributed by atoms with E-state index in [-0.39, 0.29) is 32.0 Å². The highest BCUT2D eigenvalue weighted by Gasteiger charge is 2.44. The molecule has 1 saturated heterocycles. The van der Waals surface area contributed by atoms with Crippen molar-refractivity contribution in [2.24, 2.45) is 0 Å². The number of rotatable bonds is 39. The van der Waals surface area contributed by atoms with Crippen LogP contribution in [0.15, 0.2) is 48.6 Å². The second kappa shape index (κ2) is 39.8. The number of allylic oxidation sites excluding steroid dienone is 8. The summed E-state index contributed by atoms with van der Waals surface area (Å²) in [4.78, 5) is 25.4. The van der Waals surface area contributed by atoms with Gasteiger partial charge in [0, 0.05) is 12.8 Å². The van der Waals surface area contributed by atoms with Crippen molar-refractivity contribution in [3.05, 3.63) is 48.6 Å². The highest BCUT2D eigenvalue weighted by Crippen LogP contribution is 2.22. The SMILES string of the molecule is CCCCC/C=C/C/C=C/CCCCCCCCCC(=O)OC[C@@H](CO[C@H]1O[C@@H](CO)[C@@H](O)C(O)C1O)OC(=O)CCCCCCCCC/C=C/C/C=C/CCCCC. The fourth-order valence-corrected chi connectivity index (χ4v) is 6.89. The maximum atomic E-state index is 12.8. The van der Waals surface area contributed by atoms with E-state index in [0.717, 1.165) is 64.2 Å². The van der Waals surface area contributed by atoms with Gasteiger partial charge in [0.1, 0.15) is 31.0 Å². The van der Waals surface area contributed by atoms with Gasteiger partial charge in [0.2, 0.25) is 0 Å². The minimum absolute atomic E-state index is 0.218. The molecule has 1 rings (SSSR count). The highest BCUT2D eigenvalue weighted by atomic mass is 16.7. The Labute approximate surface area is 358 Å². The van der Waals surface area contributed by atoms with E-state index in [9.17, 15) is 30.0 Å². The van der Waals surface area contributed by atoms with Crippen LogP contribution in [0.25, 0.3) is 0 Å². The van der Waals surface area contributed by atoms with Gasteiger partial charge in [-0.25, -0.2) is 0 Å². The number of carbonyl (C=O) groups is 2. The molecule has 0 radical (unpaired) electrons. The first-order valence-electron chi connectivity index (χ1n) is 23.7. The molecule has 10 nitrogen and oxygen atoms in total. The van der Waals surface area contributed by atoms with E-state index in [1.807, 2.05) is 0 Å². The number of esters is 2. The van der Waals surface area contributed by atoms with Gasteiger partial charge in [-0.1, -0.05) is 152 Å². The molecule has 1 aliphatic rings. The van der Waals surface area contributed by atoms with E-state index in [1.165, 1.54) is 89.9 Å². The van der Waals surface area contributed by atoms with Gasteiger partial charge >= 0.3 is 11.9 Å². The van der Waals surface area contributed by atoms with Crippen LogP contribution in [0.4, 0.5) is 0 Å². The number of ether oxygens (including phenoxy) is 4. The molecular weight excluding hydrogens is 749 g/mol. The van der Waals surface area contributed by atoms with Crippen molar-refractivity contribution < 1.29 is 49.0 Å². The zero-order valence-electron chi connectivity index (χ0n) is 37.2. The molecule has 0 bridgehead atoms. The second-order valence-corrected chi connectivity index (χ2v) is 16.2. The summed E-state index contributed by atoms with van der Waals surface area (Å²) >= 11 is 0.